The van der Waals surface area contributed by atoms with Crippen LogP contribution >= 0.6 is 15.9 Å². The van der Waals surface area contributed by atoms with E-state index in [4.69, 9.17) is 4.74 Å². The molecule has 0 bridgehead atoms. The molecule has 0 amide bonds. The van der Waals surface area contributed by atoms with Gasteiger partial charge in [0.1, 0.15) is 22.8 Å². The minimum absolute atomic E-state index is 0.115. The highest BCUT2D eigenvalue weighted by atomic mass is 79.9. The zero-order valence-electron chi connectivity index (χ0n) is 11.2. The van der Waals surface area contributed by atoms with E-state index in [0.717, 1.165) is 10.0 Å². The number of halogens is 1. The summed E-state index contributed by atoms with van der Waals surface area (Å²) < 4.78 is 32.9. The fourth-order valence-corrected chi connectivity index (χ4v) is 4.18. The van der Waals surface area contributed by atoms with Gasteiger partial charge in [0.05, 0.1) is 13.2 Å². The zero-order chi connectivity index (χ0) is 15.0. The first-order chi connectivity index (χ1) is 9.98. The number of hydrogen-bond donors (Lipinski definition) is 1. The third-order valence-corrected chi connectivity index (χ3v) is 5.51. The number of aromatic nitrogens is 3. The molecular weight excluding hydrogens is 360 g/mol. The lowest BCUT2D eigenvalue weighted by atomic mass is 10.2. The van der Waals surface area contributed by atoms with Gasteiger partial charge in [-0.25, -0.2) is 13.4 Å². The number of H-pyrrole nitrogens is 1. The number of sulfonamides is 1. The summed E-state index contributed by atoms with van der Waals surface area (Å²) in [7, 11) is -2.17. The van der Waals surface area contributed by atoms with Gasteiger partial charge in [-0.1, -0.05) is 15.9 Å². The van der Waals surface area contributed by atoms with Gasteiger partial charge in [0, 0.05) is 23.5 Å². The summed E-state index contributed by atoms with van der Waals surface area (Å²) in [5, 5.41) is 6.36. The highest BCUT2D eigenvalue weighted by Crippen LogP contribution is 2.37. The van der Waals surface area contributed by atoms with Gasteiger partial charge in [-0.3, -0.25) is 5.10 Å². The molecule has 0 fully saturated rings. The molecule has 0 saturated carbocycles. The highest BCUT2D eigenvalue weighted by Gasteiger charge is 2.30. The Morgan fingerprint density at radius 2 is 2.29 bits per heavy atom. The standard InChI is InChI=1S/C12H13BrN4O3S/c1-17(6-11-14-7-15-16-11)21(18,19)10-5-9(13)4-8-2-3-20-12(8)10/h4-5,7H,2-3,6H2,1H3,(H,14,15,16). The summed E-state index contributed by atoms with van der Waals surface area (Å²) in [4.78, 5) is 4.11. The van der Waals surface area contributed by atoms with E-state index in [0.29, 0.717) is 24.6 Å². The number of fused-ring (bicyclic) bond motifs is 1. The maximum atomic E-state index is 12.7. The Morgan fingerprint density at radius 1 is 1.48 bits per heavy atom. The Kier molecular flexibility index (Phi) is 3.72. The molecule has 7 nitrogen and oxygen atoms in total. The monoisotopic (exact) mass is 372 g/mol. The molecule has 3 rings (SSSR count). The number of aromatic amines is 1. The van der Waals surface area contributed by atoms with Crippen molar-refractivity contribution in [2.24, 2.45) is 0 Å². The first-order valence-electron chi connectivity index (χ1n) is 6.24. The van der Waals surface area contributed by atoms with Crippen LogP contribution in [0.25, 0.3) is 0 Å². The molecular formula is C12H13BrN4O3S. The predicted octanol–water partition coefficient (Wildman–Crippen LogP) is 1.32. The van der Waals surface area contributed by atoms with Crippen molar-refractivity contribution in [1.82, 2.24) is 19.5 Å². The van der Waals surface area contributed by atoms with Gasteiger partial charge in [-0.05, 0) is 12.1 Å². The van der Waals surface area contributed by atoms with Crippen LogP contribution in [0.4, 0.5) is 0 Å². The second kappa shape index (κ2) is 5.39. The summed E-state index contributed by atoms with van der Waals surface area (Å²) in [5.41, 5.74) is 0.899. The molecule has 112 valence electrons. The van der Waals surface area contributed by atoms with Crippen LogP contribution in [0.15, 0.2) is 27.8 Å². The fraction of sp³-hybridized carbons (Fsp3) is 0.333. The number of hydrogen-bond acceptors (Lipinski definition) is 5. The number of benzene rings is 1. The third kappa shape index (κ3) is 2.68. The molecule has 0 spiro atoms. The second-order valence-corrected chi connectivity index (χ2v) is 7.61. The van der Waals surface area contributed by atoms with Crippen molar-refractivity contribution in [3.8, 4) is 5.75 Å². The fourth-order valence-electron chi connectivity index (χ4n) is 2.20. The van der Waals surface area contributed by atoms with Gasteiger partial charge in [-0.15, -0.1) is 0 Å². The van der Waals surface area contributed by atoms with Gasteiger partial charge in [0.25, 0.3) is 0 Å². The van der Waals surface area contributed by atoms with E-state index in [1.807, 2.05) is 6.07 Å². The van der Waals surface area contributed by atoms with Crippen LogP contribution in [0.3, 0.4) is 0 Å². The van der Waals surface area contributed by atoms with Crippen LogP contribution in [-0.4, -0.2) is 41.6 Å². The van der Waals surface area contributed by atoms with E-state index >= 15 is 0 Å². The first-order valence-corrected chi connectivity index (χ1v) is 8.47. The normalized spacial score (nSPS) is 14.2. The topological polar surface area (TPSA) is 88.2 Å². The number of ether oxygens (including phenoxy) is 1. The molecule has 1 aromatic carbocycles. The SMILES string of the molecule is CN(Cc1ncn[nH]1)S(=O)(=O)c1cc(Br)cc2c1OCC2. The molecule has 0 atom stereocenters. The lowest BCUT2D eigenvalue weighted by Crippen LogP contribution is -2.27. The molecule has 2 aromatic rings. The maximum Gasteiger partial charge on any atom is 0.246 e. The Morgan fingerprint density at radius 3 is 3.00 bits per heavy atom. The molecule has 1 aliphatic heterocycles. The third-order valence-electron chi connectivity index (χ3n) is 3.24. The van der Waals surface area contributed by atoms with Crippen LogP contribution < -0.4 is 4.74 Å². The number of nitrogens with one attached hydrogen (secondary N) is 1. The molecule has 2 heterocycles. The molecule has 1 aliphatic rings. The van der Waals surface area contributed by atoms with E-state index in [1.54, 1.807) is 6.07 Å². The molecule has 1 N–H and O–H groups in total. The van der Waals surface area contributed by atoms with Crippen molar-refractivity contribution in [3.63, 3.8) is 0 Å². The molecule has 0 radical (unpaired) electrons. The van der Waals surface area contributed by atoms with E-state index in [1.165, 1.54) is 17.7 Å². The smallest absolute Gasteiger partial charge is 0.246 e. The van der Waals surface area contributed by atoms with Crippen molar-refractivity contribution in [1.29, 1.82) is 0 Å². The summed E-state index contributed by atoms with van der Waals surface area (Å²) >= 11 is 3.35. The minimum Gasteiger partial charge on any atom is -0.492 e. The van der Waals surface area contributed by atoms with Crippen molar-refractivity contribution in [2.45, 2.75) is 17.9 Å². The van der Waals surface area contributed by atoms with Crippen LogP contribution in [0.5, 0.6) is 5.75 Å². The van der Waals surface area contributed by atoms with Gasteiger partial charge < -0.3 is 4.74 Å². The van der Waals surface area contributed by atoms with Crippen LogP contribution in [0.2, 0.25) is 0 Å². The quantitative estimate of drug-likeness (QED) is 0.874. The van der Waals surface area contributed by atoms with Crippen LogP contribution in [0.1, 0.15) is 11.4 Å². The van der Waals surface area contributed by atoms with Crippen LogP contribution in [0, 0.1) is 0 Å². The minimum atomic E-state index is -3.67. The maximum absolute atomic E-state index is 12.7. The molecule has 0 aliphatic carbocycles. The molecule has 1 aromatic heterocycles. The highest BCUT2D eigenvalue weighted by molar-refractivity contribution is 9.10. The molecule has 0 unspecified atom stereocenters. The van der Waals surface area contributed by atoms with Crippen molar-refractivity contribution >= 4 is 26.0 Å². The van der Waals surface area contributed by atoms with Crippen molar-refractivity contribution in [3.05, 3.63) is 34.3 Å². The lowest BCUT2D eigenvalue weighted by Gasteiger charge is -2.18. The number of rotatable bonds is 4. The predicted molar refractivity (Wildman–Crippen MR) is 78.4 cm³/mol. The van der Waals surface area contributed by atoms with E-state index in [2.05, 4.69) is 31.1 Å². The summed E-state index contributed by atoms with van der Waals surface area (Å²) in [6.07, 6.45) is 2.05. The molecule has 9 heteroatoms. The van der Waals surface area contributed by atoms with Crippen molar-refractivity contribution < 1.29 is 13.2 Å². The van der Waals surface area contributed by atoms with Gasteiger partial charge in [0.15, 0.2) is 0 Å². The van der Waals surface area contributed by atoms with E-state index < -0.39 is 10.0 Å². The Hall–Kier alpha value is -1.45. The van der Waals surface area contributed by atoms with Gasteiger partial charge >= 0.3 is 0 Å². The Bertz CT molecular complexity index is 761. The molecule has 0 saturated heterocycles. The van der Waals surface area contributed by atoms with Crippen LogP contribution in [-0.2, 0) is 23.0 Å². The van der Waals surface area contributed by atoms with Crippen molar-refractivity contribution in [2.75, 3.05) is 13.7 Å². The van der Waals surface area contributed by atoms with E-state index in [-0.39, 0.29) is 11.4 Å². The van der Waals surface area contributed by atoms with E-state index in [9.17, 15) is 8.42 Å². The van der Waals surface area contributed by atoms with Gasteiger partial charge in [0.2, 0.25) is 10.0 Å². The summed E-state index contributed by atoms with van der Waals surface area (Å²) in [6.45, 7) is 0.615. The average Bonchev–Trinajstić information content (AvgIpc) is 3.08. The Labute approximate surface area is 130 Å². The summed E-state index contributed by atoms with van der Waals surface area (Å²) in [5.74, 6) is 0.927. The first kappa shape index (κ1) is 14.5. The largest absolute Gasteiger partial charge is 0.492 e. The number of nitrogens with zero attached hydrogens (tertiary/aromatic N) is 3. The average molecular weight is 373 g/mol. The van der Waals surface area contributed by atoms with Gasteiger partial charge in [-0.2, -0.15) is 9.40 Å². The lowest BCUT2D eigenvalue weighted by molar-refractivity contribution is 0.346. The Balaban J connectivity index is 1.99. The summed E-state index contributed by atoms with van der Waals surface area (Å²) in [6, 6.07) is 3.45. The second-order valence-electron chi connectivity index (χ2n) is 4.68. The zero-order valence-corrected chi connectivity index (χ0v) is 13.6. The molecule has 21 heavy (non-hydrogen) atoms.